The van der Waals surface area contributed by atoms with Gasteiger partial charge in [-0.25, -0.2) is 9.45 Å². The largest absolute Gasteiger partial charge is 0.396 e. The lowest BCUT2D eigenvalue weighted by atomic mass is 9.81. The predicted octanol–water partition coefficient (Wildman–Crippen LogP) is 2.70. The number of nitriles is 1. The first-order chi connectivity index (χ1) is 11.6. The summed E-state index contributed by atoms with van der Waals surface area (Å²) in [4.78, 5) is 18.3. The lowest BCUT2D eigenvalue weighted by Crippen LogP contribution is -2.37. The average Bonchev–Trinajstić information content (AvgIpc) is 3.10. The minimum atomic E-state index is -0.480. The zero-order valence-corrected chi connectivity index (χ0v) is 13.4. The maximum atomic E-state index is 13.7. The van der Waals surface area contributed by atoms with E-state index in [0.29, 0.717) is 18.6 Å². The molecule has 0 bridgehead atoms. The number of hydrogen-bond acceptors (Lipinski definition) is 4. The Morgan fingerprint density at radius 1 is 1.29 bits per heavy atom. The molecule has 128 valence electrons. The lowest BCUT2D eigenvalue weighted by molar-refractivity contribution is -0.183. The van der Waals surface area contributed by atoms with E-state index in [9.17, 15) is 14.3 Å². The van der Waals surface area contributed by atoms with Gasteiger partial charge in [0.15, 0.2) is 0 Å². The number of hydrogen-bond donors (Lipinski definition) is 1. The highest BCUT2D eigenvalue weighted by Gasteiger charge is 2.37. The molecule has 24 heavy (non-hydrogen) atoms. The van der Waals surface area contributed by atoms with Gasteiger partial charge in [-0.1, -0.05) is 0 Å². The number of aliphatic hydroxyl groups excluding tert-OH is 1. The third-order valence-corrected chi connectivity index (χ3v) is 5.01. The summed E-state index contributed by atoms with van der Waals surface area (Å²) in [6.45, 7) is 0.574. The molecule has 2 fully saturated rings. The first-order valence-electron chi connectivity index (χ1n) is 8.39. The quantitative estimate of drug-likeness (QED) is 0.923. The van der Waals surface area contributed by atoms with Crippen LogP contribution >= 0.6 is 0 Å². The third-order valence-electron chi connectivity index (χ3n) is 5.01. The van der Waals surface area contributed by atoms with Gasteiger partial charge in [-0.05, 0) is 55.4 Å². The van der Waals surface area contributed by atoms with Crippen molar-refractivity contribution in [2.24, 2.45) is 11.8 Å². The Labute approximate surface area is 140 Å². The van der Waals surface area contributed by atoms with Crippen LogP contribution in [0.2, 0.25) is 0 Å². The molecule has 0 aromatic heterocycles. The third kappa shape index (κ3) is 3.42. The van der Waals surface area contributed by atoms with Crippen molar-refractivity contribution in [3.8, 4) is 6.07 Å². The van der Waals surface area contributed by atoms with Crippen LogP contribution in [0, 0.1) is 29.0 Å². The molecular formula is C18H21FN2O3. The number of rotatable bonds is 3. The molecule has 1 amide bonds. The van der Waals surface area contributed by atoms with E-state index < -0.39 is 5.82 Å². The van der Waals surface area contributed by atoms with Gasteiger partial charge in [0.1, 0.15) is 5.82 Å². The Morgan fingerprint density at radius 3 is 2.71 bits per heavy atom. The normalized spacial score (nSPS) is 27.0. The number of carbonyl (C=O) groups is 1. The lowest BCUT2D eigenvalue weighted by Gasteiger charge is -2.31. The summed E-state index contributed by atoms with van der Waals surface area (Å²) < 4.78 is 13.7. The topological polar surface area (TPSA) is 73.6 Å². The Bertz CT molecular complexity index is 650. The van der Waals surface area contributed by atoms with Crippen LogP contribution in [0.25, 0.3) is 0 Å². The summed E-state index contributed by atoms with van der Waals surface area (Å²) >= 11 is 0. The van der Waals surface area contributed by atoms with Crippen molar-refractivity contribution < 1.29 is 19.1 Å². The summed E-state index contributed by atoms with van der Waals surface area (Å²) in [7, 11) is 0. The van der Waals surface area contributed by atoms with E-state index in [1.54, 1.807) is 6.07 Å². The second-order valence-electron chi connectivity index (χ2n) is 6.59. The average molecular weight is 332 g/mol. The van der Waals surface area contributed by atoms with E-state index in [2.05, 4.69) is 0 Å². The first-order valence-corrected chi connectivity index (χ1v) is 8.39. The van der Waals surface area contributed by atoms with Crippen LogP contribution in [0.5, 0.6) is 0 Å². The van der Waals surface area contributed by atoms with Gasteiger partial charge in [0.25, 0.3) is 0 Å². The number of carbonyl (C=O) groups excluding carboxylic acids is 1. The van der Waals surface area contributed by atoms with Crippen molar-refractivity contribution in [3.05, 3.63) is 35.1 Å². The van der Waals surface area contributed by atoms with Crippen LogP contribution in [0.4, 0.5) is 4.39 Å². The highest BCUT2D eigenvalue weighted by atomic mass is 19.1. The number of amides is 1. The molecule has 1 aromatic carbocycles. The fourth-order valence-electron chi connectivity index (χ4n) is 3.63. The van der Waals surface area contributed by atoms with Gasteiger partial charge in [0, 0.05) is 18.9 Å². The zero-order chi connectivity index (χ0) is 17.1. The van der Waals surface area contributed by atoms with E-state index in [-0.39, 0.29) is 36.0 Å². The van der Waals surface area contributed by atoms with E-state index >= 15 is 0 Å². The van der Waals surface area contributed by atoms with Gasteiger partial charge >= 0.3 is 0 Å². The number of aliphatic hydroxyl groups is 1. The SMILES string of the molecule is N#Cc1cc(F)cc([C@@H]2CCON2C(=O)[C@H]2CC[C@H](CO)CC2)c1. The molecule has 1 atom stereocenters. The maximum Gasteiger partial charge on any atom is 0.249 e. The minimum Gasteiger partial charge on any atom is -0.396 e. The molecule has 1 aliphatic carbocycles. The van der Waals surface area contributed by atoms with E-state index in [1.807, 2.05) is 6.07 Å². The van der Waals surface area contributed by atoms with E-state index in [1.165, 1.54) is 17.2 Å². The van der Waals surface area contributed by atoms with Gasteiger partial charge in [-0.2, -0.15) is 5.26 Å². The van der Waals surface area contributed by atoms with E-state index in [0.717, 1.165) is 25.7 Å². The van der Waals surface area contributed by atoms with Gasteiger partial charge in [-0.15, -0.1) is 0 Å². The summed E-state index contributed by atoms with van der Waals surface area (Å²) in [5, 5.41) is 19.6. The van der Waals surface area contributed by atoms with Gasteiger partial charge < -0.3 is 5.11 Å². The second kappa shape index (κ2) is 7.29. The Balaban J connectivity index is 1.75. The second-order valence-corrected chi connectivity index (χ2v) is 6.59. The monoisotopic (exact) mass is 332 g/mol. The van der Waals surface area contributed by atoms with Crippen molar-refractivity contribution in [2.45, 2.75) is 38.1 Å². The summed E-state index contributed by atoms with van der Waals surface area (Å²) in [5.41, 5.74) is 0.842. The highest BCUT2D eigenvalue weighted by Crippen LogP contribution is 2.36. The smallest absolute Gasteiger partial charge is 0.249 e. The van der Waals surface area contributed by atoms with Gasteiger partial charge in [0.05, 0.1) is 24.3 Å². The highest BCUT2D eigenvalue weighted by molar-refractivity contribution is 5.78. The van der Waals surface area contributed by atoms with Crippen molar-refractivity contribution in [1.82, 2.24) is 5.06 Å². The molecule has 1 aliphatic heterocycles. The molecule has 6 heteroatoms. The first kappa shape index (κ1) is 16.9. The molecule has 2 aliphatic rings. The van der Waals surface area contributed by atoms with Crippen molar-refractivity contribution in [2.75, 3.05) is 13.2 Å². The maximum absolute atomic E-state index is 13.7. The van der Waals surface area contributed by atoms with Crippen LogP contribution in [-0.4, -0.2) is 29.3 Å². The molecular weight excluding hydrogens is 311 g/mol. The number of benzene rings is 1. The standard InChI is InChI=1S/C18H21FN2O3/c19-16-8-13(10-20)7-15(9-16)17-5-6-24-21(17)18(23)14-3-1-12(11-22)2-4-14/h7-9,12,14,17,22H,1-6,11H2/t12-,14-,17-/m0/s1. The van der Waals surface area contributed by atoms with Gasteiger partial charge in [-0.3, -0.25) is 9.63 Å². The Morgan fingerprint density at radius 2 is 2.04 bits per heavy atom. The van der Waals surface area contributed by atoms with Crippen LogP contribution in [0.15, 0.2) is 18.2 Å². The predicted molar refractivity (Wildman–Crippen MR) is 83.8 cm³/mol. The van der Waals surface area contributed by atoms with Crippen LogP contribution in [0.3, 0.4) is 0 Å². The molecule has 1 heterocycles. The van der Waals surface area contributed by atoms with Crippen LogP contribution in [0.1, 0.15) is 49.3 Å². The summed E-state index contributed by atoms with van der Waals surface area (Å²) in [5.74, 6) is -0.383. The molecule has 1 aromatic rings. The molecule has 5 nitrogen and oxygen atoms in total. The van der Waals surface area contributed by atoms with Crippen LogP contribution in [-0.2, 0) is 9.63 Å². The minimum absolute atomic E-state index is 0.0725. The van der Waals surface area contributed by atoms with Crippen molar-refractivity contribution >= 4 is 5.91 Å². The molecule has 3 rings (SSSR count). The molecule has 1 saturated heterocycles. The Hall–Kier alpha value is -1.97. The molecule has 1 saturated carbocycles. The number of halogens is 1. The Kier molecular flexibility index (Phi) is 5.12. The number of nitrogens with zero attached hydrogens (tertiary/aromatic N) is 2. The molecule has 1 N–H and O–H groups in total. The molecule has 0 unspecified atom stereocenters. The van der Waals surface area contributed by atoms with E-state index in [4.69, 9.17) is 10.1 Å². The zero-order valence-electron chi connectivity index (χ0n) is 13.4. The summed E-state index contributed by atoms with van der Waals surface area (Å²) in [6.07, 6.45) is 3.74. The molecule has 0 spiro atoms. The van der Waals surface area contributed by atoms with Gasteiger partial charge in [0.2, 0.25) is 5.91 Å². The number of hydroxylamine groups is 2. The fourth-order valence-corrected chi connectivity index (χ4v) is 3.63. The van der Waals surface area contributed by atoms with Crippen molar-refractivity contribution in [3.63, 3.8) is 0 Å². The van der Waals surface area contributed by atoms with Crippen molar-refractivity contribution in [1.29, 1.82) is 5.26 Å². The fraction of sp³-hybridized carbons (Fsp3) is 0.556. The summed E-state index contributed by atoms with van der Waals surface area (Å²) in [6, 6.07) is 5.75. The van der Waals surface area contributed by atoms with Crippen LogP contribution < -0.4 is 0 Å². The molecule has 0 radical (unpaired) electrons.